The zero-order valence-electron chi connectivity index (χ0n) is 26.3. The van der Waals surface area contributed by atoms with E-state index in [1.54, 1.807) is 11.3 Å². The average Bonchev–Trinajstić information content (AvgIpc) is 3.81. The van der Waals surface area contributed by atoms with E-state index in [0.717, 1.165) is 22.1 Å². The molecule has 1 atom stereocenters. The second-order valence-electron chi connectivity index (χ2n) is 12.8. The number of thiophene rings is 1. The second-order valence-corrected chi connectivity index (χ2v) is 13.9. The van der Waals surface area contributed by atoms with Crippen LogP contribution in [0.25, 0.3) is 70.2 Å². The Morgan fingerprint density at radius 3 is 1.98 bits per heavy atom. The first-order chi connectivity index (χ1) is 24.3. The lowest BCUT2D eigenvalue weighted by molar-refractivity contribution is 0.584. The lowest BCUT2D eigenvalue weighted by Crippen LogP contribution is -2.35. The highest BCUT2D eigenvalue weighted by molar-refractivity contribution is 7.22. The maximum Gasteiger partial charge on any atom is 0.136 e. The van der Waals surface area contributed by atoms with Crippen molar-refractivity contribution in [2.24, 2.45) is 4.99 Å². The SMILES string of the molecule is c1ccc(-n2c3ccccc3c3cc(C4=Nc5sc6ccccc6c5C(n5c6ccccc6c6cc7ccccc7cc65)N4)ccc32)cc1. The molecule has 0 bridgehead atoms. The van der Waals surface area contributed by atoms with Crippen LogP contribution in [-0.2, 0) is 0 Å². The first kappa shape index (κ1) is 26.9. The van der Waals surface area contributed by atoms with Gasteiger partial charge in [-0.15, -0.1) is 11.3 Å². The lowest BCUT2D eigenvalue weighted by Gasteiger charge is -2.28. The summed E-state index contributed by atoms with van der Waals surface area (Å²) in [6, 6.07) is 57.0. The molecule has 10 aromatic rings. The van der Waals surface area contributed by atoms with Gasteiger partial charge in [-0.2, -0.15) is 0 Å². The molecule has 0 aliphatic carbocycles. The number of nitrogens with one attached hydrogen (secondary N) is 1. The minimum absolute atomic E-state index is 0.163. The molecule has 11 rings (SSSR count). The van der Waals surface area contributed by atoms with Crippen molar-refractivity contribution >= 4 is 86.6 Å². The number of fused-ring (bicyclic) bond motifs is 10. The van der Waals surface area contributed by atoms with Gasteiger partial charge in [-0.3, -0.25) is 0 Å². The molecule has 1 aliphatic rings. The van der Waals surface area contributed by atoms with Crippen LogP contribution in [0.1, 0.15) is 17.3 Å². The summed E-state index contributed by atoms with van der Waals surface area (Å²) in [4.78, 5) is 5.38. The molecular formula is C44H28N4S. The van der Waals surface area contributed by atoms with Crippen LogP contribution in [0.15, 0.2) is 163 Å². The van der Waals surface area contributed by atoms with Crippen molar-refractivity contribution in [3.8, 4) is 5.69 Å². The molecule has 0 fully saturated rings. The van der Waals surface area contributed by atoms with Crippen molar-refractivity contribution in [3.63, 3.8) is 0 Å². The van der Waals surface area contributed by atoms with Gasteiger partial charge in [-0.1, -0.05) is 97.1 Å². The summed E-state index contributed by atoms with van der Waals surface area (Å²) in [6.45, 7) is 0. The van der Waals surface area contributed by atoms with Crippen LogP contribution in [0.5, 0.6) is 0 Å². The highest BCUT2D eigenvalue weighted by Gasteiger charge is 2.31. The van der Waals surface area contributed by atoms with Gasteiger partial charge in [0.05, 0.1) is 22.1 Å². The Bertz CT molecular complexity index is 2980. The van der Waals surface area contributed by atoms with Crippen molar-refractivity contribution in [1.29, 1.82) is 0 Å². The Hall–Kier alpha value is -6.17. The first-order valence-electron chi connectivity index (χ1n) is 16.7. The molecule has 1 unspecified atom stereocenters. The van der Waals surface area contributed by atoms with Gasteiger partial charge in [-0.25, -0.2) is 4.99 Å². The maximum atomic E-state index is 5.38. The van der Waals surface area contributed by atoms with Gasteiger partial charge in [0.15, 0.2) is 0 Å². The predicted molar refractivity (Wildman–Crippen MR) is 207 cm³/mol. The molecule has 7 aromatic carbocycles. The van der Waals surface area contributed by atoms with Gasteiger partial charge in [0, 0.05) is 48.4 Å². The molecule has 230 valence electrons. The van der Waals surface area contributed by atoms with Crippen molar-refractivity contribution in [3.05, 3.63) is 169 Å². The van der Waals surface area contributed by atoms with Crippen molar-refractivity contribution < 1.29 is 0 Å². The summed E-state index contributed by atoms with van der Waals surface area (Å²) in [5, 5.41) is 13.7. The van der Waals surface area contributed by atoms with Crippen molar-refractivity contribution in [2.75, 3.05) is 0 Å². The van der Waals surface area contributed by atoms with Gasteiger partial charge >= 0.3 is 0 Å². The fourth-order valence-electron chi connectivity index (χ4n) is 8.01. The molecule has 0 amide bonds. The minimum Gasteiger partial charge on any atom is -0.345 e. The van der Waals surface area contributed by atoms with E-state index in [9.17, 15) is 0 Å². The van der Waals surface area contributed by atoms with E-state index in [2.05, 4.69) is 172 Å². The zero-order valence-corrected chi connectivity index (χ0v) is 27.2. The quantitative estimate of drug-likeness (QED) is 0.204. The molecule has 0 saturated heterocycles. The fourth-order valence-corrected chi connectivity index (χ4v) is 9.13. The van der Waals surface area contributed by atoms with E-state index in [-0.39, 0.29) is 6.17 Å². The summed E-state index contributed by atoms with van der Waals surface area (Å²) in [5.74, 6) is 0.884. The van der Waals surface area contributed by atoms with Gasteiger partial charge in [-0.05, 0) is 71.4 Å². The number of para-hydroxylation sites is 3. The lowest BCUT2D eigenvalue weighted by atomic mass is 10.0. The highest BCUT2D eigenvalue weighted by atomic mass is 32.1. The molecule has 5 heteroatoms. The number of benzene rings is 7. The smallest absolute Gasteiger partial charge is 0.136 e. The number of hydrogen-bond donors (Lipinski definition) is 1. The third-order valence-electron chi connectivity index (χ3n) is 10.2. The molecule has 1 N–H and O–H groups in total. The zero-order chi connectivity index (χ0) is 32.1. The van der Waals surface area contributed by atoms with E-state index in [4.69, 9.17) is 4.99 Å². The van der Waals surface area contributed by atoms with Crippen LogP contribution in [0.2, 0.25) is 0 Å². The number of rotatable bonds is 3. The van der Waals surface area contributed by atoms with Crippen molar-refractivity contribution in [1.82, 2.24) is 14.5 Å². The molecule has 4 nitrogen and oxygen atoms in total. The largest absolute Gasteiger partial charge is 0.345 e. The third-order valence-corrected chi connectivity index (χ3v) is 11.3. The summed E-state index contributed by atoms with van der Waals surface area (Å²) >= 11 is 1.78. The maximum absolute atomic E-state index is 5.38. The van der Waals surface area contributed by atoms with Crippen LogP contribution < -0.4 is 5.32 Å². The highest BCUT2D eigenvalue weighted by Crippen LogP contribution is 2.47. The number of aromatic nitrogens is 2. The summed E-state index contributed by atoms with van der Waals surface area (Å²) in [6.07, 6.45) is -0.163. The van der Waals surface area contributed by atoms with E-state index in [1.807, 2.05) is 0 Å². The van der Waals surface area contributed by atoms with Crippen LogP contribution >= 0.6 is 11.3 Å². The Kier molecular flexibility index (Phi) is 5.57. The van der Waals surface area contributed by atoms with E-state index < -0.39 is 0 Å². The number of nitrogens with zero attached hydrogens (tertiary/aromatic N) is 3. The predicted octanol–water partition coefficient (Wildman–Crippen LogP) is 11.5. The van der Waals surface area contributed by atoms with Crippen molar-refractivity contribution in [2.45, 2.75) is 6.17 Å². The molecule has 0 radical (unpaired) electrons. The van der Waals surface area contributed by atoms with Crippen LogP contribution in [0, 0.1) is 0 Å². The van der Waals surface area contributed by atoms with Crippen LogP contribution in [0.3, 0.4) is 0 Å². The van der Waals surface area contributed by atoms with Gasteiger partial charge in [0.2, 0.25) is 0 Å². The summed E-state index contributed by atoms with van der Waals surface area (Å²) < 4.78 is 6.11. The topological polar surface area (TPSA) is 34.2 Å². The Labute approximate surface area is 285 Å². The number of hydrogen-bond acceptors (Lipinski definition) is 3. The minimum atomic E-state index is -0.163. The molecule has 0 saturated carbocycles. The Balaban J connectivity index is 1.17. The average molecular weight is 645 g/mol. The number of amidine groups is 1. The monoisotopic (exact) mass is 644 g/mol. The number of aliphatic imine (C=N–C) groups is 1. The molecule has 0 spiro atoms. The van der Waals surface area contributed by atoms with Gasteiger partial charge in [0.1, 0.15) is 17.0 Å². The molecular weight excluding hydrogens is 617 g/mol. The van der Waals surface area contributed by atoms with Gasteiger partial charge in [0.25, 0.3) is 0 Å². The molecule has 1 aliphatic heterocycles. The molecule has 3 aromatic heterocycles. The molecule has 49 heavy (non-hydrogen) atoms. The van der Waals surface area contributed by atoms with E-state index >= 15 is 0 Å². The van der Waals surface area contributed by atoms with Crippen LogP contribution in [-0.4, -0.2) is 15.0 Å². The normalized spacial score (nSPS) is 14.6. The van der Waals surface area contributed by atoms with E-state index in [0.29, 0.717) is 0 Å². The first-order valence-corrected chi connectivity index (χ1v) is 17.5. The molecule has 4 heterocycles. The third kappa shape index (κ3) is 3.88. The fraction of sp³-hybridized carbons (Fsp3) is 0.0227. The van der Waals surface area contributed by atoms with E-state index in [1.165, 1.54) is 70.0 Å². The van der Waals surface area contributed by atoms with Crippen LogP contribution in [0.4, 0.5) is 5.00 Å². The summed E-state index contributed by atoms with van der Waals surface area (Å²) in [7, 11) is 0. The second kappa shape index (κ2) is 10.2. The van der Waals surface area contributed by atoms with Gasteiger partial charge < -0.3 is 14.5 Å². The Morgan fingerprint density at radius 2 is 1.14 bits per heavy atom. The standard InChI is InChI=1S/C44H28N4S/c1-2-14-30(15-3-1)47-36-19-9-6-16-31(36)34-25-29(22-23-38(34)47)42-45-43(41-33-18-8-11-21-40(33)49-44(41)46-42)48-37-20-10-7-17-32(37)35-24-27-12-4-5-13-28(27)26-39(35)48/h1-26,43H,(H,45,46). The Morgan fingerprint density at radius 1 is 0.510 bits per heavy atom. The summed E-state index contributed by atoms with van der Waals surface area (Å²) in [5.41, 5.74) is 8.24.